The molecule has 0 bridgehead atoms. The van der Waals surface area contributed by atoms with Crippen molar-refractivity contribution in [1.29, 1.82) is 0 Å². The summed E-state index contributed by atoms with van der Waals surface area (Å²) in [6.45, 7) is 0.191. The average molecular weight is 373 g/mol. The van der Waals surface area contributed by atoms with Crippen molar-refractivity contribution in [3.8, 4) is 0 Å². The minimum atomic E-state index is -0.214. The first kappa shape index (κ1) is 16.6. The van der Waals surface area contributed by atoms with Gasteiger partial charge in [-0.05, 0) is 37.3 Å². The Kier molecular flexibility index (Phi) is 4.29. The number of aromatic nitrogens is 1. The maximum absolute atomic E-state index is 12.6. The number of amides is 2. The Morgan fingerprint density at radius 3 is 2.48 bits per heavy atom. The van der Waals surface area contributed by atoms with Gasteiger partial charge in [0.2, 0.25) is 11.8 Å². The molecule has 0 saturated carbocycles. The van der Waals surface area contributed by atoms with Crippen LogP contribution in [0, 0.1) is 11.8 Å². The number of imide groups is 1. The number of hydrogen-bond acceptors (Lipinski definition) is 4. The number of fused-ring (bicyclic) bond motifs is 2. The lowest BCUT2D eigenvalue weighted by atomic mass is 9.85. The molecule has 2 amide bonds. The SMILES string of the molecule is CSc1ccc2cc(CN3C(=O)[C@@H]4CC=CC[C@H]4C3=O)c(Cl)nc2c1. The molecular formula is C19H17ClN2O2S. The molecule has 1 fully saturated rings. The second kappa shape index (κ2) is 6.46. The van der Waals surface area contributed by atoms with Crippen molar-refractivity contribution < 1.29 is 9.59 Å². The van der Waals surface area contributed by atoms with Gasteiger partial charge in [-0.2, -0.15) is 0 Å². The fraction of sp³-hybridized carbons (Fsp3) is 0.316. The first-order valence-corrected chi connectivity index (χ1v) is 9.82. The van der Waals surface area contributed by atoms with Crippen LogP contribution in [0.4, 0.5) is 0 Å². The van der Waals surface area contributed by atoms with E-state index in [0.29, 0.717) is 23.6 Å². The number of benzene rings is 1. The molecule has 25 heavy (non-hydrogen) atoms. The summed E-state index contributed by atoms with van der Waals surface area (Å²) in [6, 6.07) is 7.93. The van der Waals surface area contributed by atoms with Crippen molar-refractivity contribution >= 4 is 46.1 Å². The maximum atomic E-state index is 12.6. The first-order chi connectivity index (χ1) is 12.1. The van der Waals surface area contributed by atoms with Gasteiger partial charge in [-0.3, -0.25) is 14.5 Å². The predicted octanol–water partition coefficient (Wildman–Crippen LogP) is 4.06. The Bertz CT molecular complexity index is 886. The van der Waals surface area contributed by atoms with Crippen molar-refractivity contribution in [2.75, 3.05) is 6.26 Å². The van der Waals surface area contributed by atoms with E-state index in [-0.39, 0.29) is 30.2 Å². The van der Waals surface area contributed by atoms with E-state index in [0.717, 1.165) is 15.8 Å². The van der Waals surface area contributed by atoms with Crippen molar-refractivity contribution in [1.82, 2.24) is 9.88 Å². The van der Waals surface area contributed by atoms with Crippen molar-refractivity contribution in [3.63, 3.8) is 0 Å². The molecule has 1 saturated heterocycles. The molecule has 128 valence electrons. The lowest BCUT2D eigenvalue weighted by Crippen LogP contribution is -2.30. The largest absolute Gasteiger partial charge is 0.277 e. The third-order valence-electron chi connectivity index (χ3n) is 4.98. The molecule has 2 aromatic rings. The standard InChI is InChI=1S/C19H17ClN2O2S/c1-25-13-7-6-11-8-12(17(20)21-16(11)9-13)10-22-18(23)14-4-2-3-5-15(14)19(22)24/h2-3,6-9,14-15H,4-5,10H2,1H3/t14-,15-/m1/s1. The third-order valence-corrected chi connectivity index (χ3v) is 6.03. The summed E-state index contributed by atoms with van der Waals surface area (Å²) in [5, 5.41) is 1.30. The van der Waals surface area contributed by atoms with Crippen molar-refractivity contribution in [3.05, 3.63) is 47.1 Å². The fourth-order valence-corrected chi connectivity index (χ4v) is 4.24. The van der Waals surface area contributed by atoms with Crippen LogP contribution in [0.5, 0.6) is 0 Å². The molecular weight excluding hydrogens is 356 g/mol. The molecule has 1 aromatic heterocycles. The van der Waals surface area contributed by atoms with Crippen LogP contribution in [-0.4, -0.2) is 28.0 Å². The van der Waals surface area contributed by atoms with E-state index >= 15 is 0 Å². The van der Waals surface area contributed by atoms with Crippen LogP contribution < -0.4 is 0 Å². The van der Waals surface area contributed by atoms with Gasteiger partial charge >= 0.3 is 0 Å². The molecule has 1 aromatic carbocycles. The van der Waals surface area contributed by atoms with Gasteiger partial charge in [0.05, 0.1) is 23.9 Å². The number of pyridine rings is 1. The highest BCUT2D eigenvalue weighted by Gasteiger charge is 2.47. The van der Waals surface area contributed by atoms with Crippen molar-refractivity contribution in [2.24, 2.45) is 11.8 Å². The van der Waals surface area contributed by atoms with Crippen LogP contribution in [0.15, 0.2) is 41.3 Å². The van der Waals surface area contributed by atoms with Crippen molar-refractivity contribution in [2.45, 2.75) is 24.3 Å². The van der Waals surface area contributed by atoms with Gasteiger partial charge in [-0.25, -0.2) is 4.98 Å². The number of allylic oxidation sites excluding steroid dienone is 2. The Hall–Kier alpha value is -1.85. The normalized spacial score (nSPS) is 22.7. The number of likely N-dealkylation sites (tertiary alicyclic amines) is 1. The summed E-state index contributed by atoms with van der Waals surface area (Å²) in [5.41, 5.74) is 1.52. The molecule has 1 aliphatic carbocycles. The maximum Gasteiger partial charge on any atom is 0.233 e. The summed E-state index contributed by atoms with van der Waals surface area (Å²) in [7, 11) is 0. The summed E-state index contributed by atoms with van der Waals surface area (Å²) in [6.07, 6.45) is 7.28. The second-order valence-electron chi connectivity index (χ2n) is 6.42. The number of rotatable bonds is 3. The van der Waals surface area contributed by atoms with E-state index in [1.807, 2.05) is 42.7 Å². The highest BCUT2D eigenvalue weighted by Crippen LogP contribution is 2.36. The smallest absolute Gasteiger partial charge is 0.233 e. The van der Waals surface area contributed by atoms with Crippen LogP contribution in [-0.2, 0) is 16.1 Å². The number of carbonyl (C=O) groups is 2. The predicted molar refractivity (Wildman–Crippen MR) is 99.4 cm³/mol. The minimum absolute atomic E-state index is 0.0896. The zero-order chi connectivity index (χ0) is 17.6. The Balaban J connectivity index is 1.65. The zero-order valence-electron chi connectivity index (χ0n) is 13.7. The number of nitrogens with zero attached hydrogens (tertiary/aromatic N) is 2. The van der Waals surface area contributed by atoms with Gasteiger partial charge in [-0.15, -0.1) is 11.8 Å². The van der Waals surface area contributed by atoms with Gasteiger partial charge in [-0.1, -0.05) is 29.8 Å². The van der Waals surface area contributed by atoms with Gasteiger partial charge in [0.15, 0.2) is 0 Å². The molecule has 0 spiro atoms. The molecule has 2 heterocycles. The van der Waals surface area contributed by atoms with Gasteiger partial charge in [0.1, 0.15) is 5.15 Å². The molecule has 1 aliphatic heterocycles. The third kappa shape index (κ3) is 2.85. The highest BCUT2D eigenvalue weighted by atomic mass is 35.5. The number of hydrogen-bond donors (Lipinski definition) is 0. The van der Waals surface area contributed by atoms with Crippen LogP contribution in [0.1, 0.15) is 18.4 Å². The average Bonchev–Trinajstić information content (AvgIpc) is 2.87. The molecule has 4 nitrogen and oxygen atoms in total. The van der Waals surface area contributed by atoms with Gasteiger partial charge in [0.25, 0.3) is 0 Å². The summed E-state index contributed by atoms with van der Waals surface area (Å²) in [5.74, 6) is -0.607. The quantitative estimate of drug-likeness (QED) is 0.353. The molecule has 0 N–H and O–H groups in total. The van der Waals surface area contributed by atoms with Crippen LogP contribution in [0.3, 0.4) is 0 Å². The minimum Gasteiger partial charge on any atom is -0.277 e. The van der Waals surface area contributed by atoms with Crippen LogP contribution >= 0.6 is 23.4 Å². The second-order valence-corrected chi connectivity index (χ2v) is 7.65. The van der Waals surface area contributed by atoms with E-state index in [9.17, 15) is 9.59 Å². The highest BCUT2D eigenvalue weighted by molar-refractivity contribution is 7.98. The Morgan fingerprint density at radius 1 is 1.16 bits per heavy atom. The van der Waals surface area contributed by atoms with E-state index in [1.165, 1.54) is 4.90 Å². The molecule has 0 unspecified atom stereocenters. The van der Waals surface area contributed by atoms with E-state index in [1.54, 1.807) is 11.8 Å². The molecule has 2 atom stereocenters. The lowest BCUT2D eigenvalue weighted by molar-refractivity contribution is -0.140. The molecule has 2 aliphatic rings. The van der Waals surface area contributed by atoms with Crippen LogP contribution in [0.2, 0.25) is 5.15 Å². The summed E-state index contributed by atoms with van der Waals surface area (Å²) < 4.78 is 0. The monoisotopic (exact) mass is 372 g/mol. The van der Waals surface area contributed by atoms with Crippen LogP contribution in [0.25, 0.3) is 10.9 Å². The number of carbonyl (C=O) groups excluding carboxylic acids is 2. The Labute approximate surface area is 155 Å². The molecule has 6 heteroatoms. The topological polar surface area (TPSA) is 50.3 Å². The number of halogens is 1. The first-order valence-electron chi connectivity index (χ1n) is 8.22. The lowest BCUT2D eigenvalue weighted by Gasteiger charge is -2.16. The van der Waals surface area contributed by atoms with E-state index in [2.05, 4.69) is 4.98 Å². The fourth-order valence-electron chi connectivity index (χ4n) is 3.60. The van der Waals surface area contributed by atoms with Gasteiger partial charge in [0, 0.05) is 15.8 Å². The Morgan fingerprint density at radius 2 is 1.84 bits per heavy atom. The van der Waals surface area contributed by atoms with E-state index in [4.69, 9.17) is 11.6 Å². The van der Waals surface area contributed by atoms with E-state index < -0.39 is 0 Å². The number of thioether (sulfide) groups is 1. The summed E-state index contributed by atoms with van der Waals surface area (Å²) in [4.78, 5) is 32.2. The summed E-state index contributed by atoms with van der Waals surface area (Å²) >= 11 is 7.99. The molecule has 0 radical (unpaired) electrons. The molecule has 4 rings (SSSR count). The van der Waals surface area contributed by atoms with Gasteiger partial charge < -0.3 is 0 Å². The zero-order valence-corrected chi connectivity index (χ0v) is 15.3.